The molecule has 0 aliphatic carbocycles. The molecule has 5 rings (SSSR count). The molecular weight excluding hydrogens is 535 g/mol. The molecule has 3 aromatic heterocycles. The molecule has 0 spiro atoms. The lowest BCUT2D eigenvalue weighted by molar-refractivity contribution is -0.130. The summed E-state index contributed by atoms with van der Waals surface area (Å²) in [4.78, 5) is 27.3. The van der Waals surface area contributed by atoms with Gasteiger partial charge in [0.15, 0.2) is 11.6 Å². The standard InChI is InChI=1S/C22H16FN3O4S.C6H9N3/c1-12(10-29-11-27)30-19-7-20-18(6-17(19)23)26-22(31-20)16-4-13(8-24)3-14-5-15(28-2)9-25-21(14)16;1-5-8-3-6(7-2)4-9-5/h3-7,9,11-12H,10H2,1-2H3;3-4,7H,1-2H3. The van der Waals surface area contributed by atoms with Crippen molar-refractivity contribution in [3.8, 4) is 28.1 Å². The first-order valence-corrected chi connectivity index (χ1v) is 12.8. The van der Waals surface area contributed by atoms with Gasteiger partial charge >= 0.3 is 0 Å². The molecule has 0 aliphatic heterocycles. The van der Waals surface area contributed by atoms with Crippen molar-refractivity contribution in [3.63, 3.8) is 0 Å². The minimum absolute atomic E-state index is 0.0109. The van der Waals surface area contributed by atoms with E-state index in [-0.39, 0.29) is 12.4 Å². The highest BCUT2D eigenvalue weighted by molar-refractivity contribution is 7.21. The third-order valence-corrected chi connectivity index (χ3v) is 6.64. The van der Waals surface area contributed by atoms with Crippen LogP contribution in [0.4, 0.5) is 10.1 Å². The molecular formula is C28H25FN6O4S. The highest BCUT2D eigenvalue weighted by Gasteiger charge is 2.17. The Morgan fingerprint density at radius 3 is 2.60 bits per heavy atom. The van der Waals surface area contributed by atoms with E-state index in [9.17, 15) is 14.4 Å². The van der Waals surface area contributed by atoms with Crippen LogP contribution in [-0.4, -0.2) is 53.3 Å². The average molecular weight is 561 g/mol. The van der Waals surface area contributed by atoms with Crippen LogP contribution in [0.2, 0.25) is 0 Å². The minimum atomic E-state index is -0.569. The second-order valence-corrected chi connectivity index (χ2v) is 9.51. The number of hydrogen-bond donors (Lipinski definition) is 1. The lowest BCUT2D eigenvalue weighted by Crippen LogP contribution is -2.19. The number of anilines is 1. The summed E-state index contributed by atoms with van der Waals surface area (Å²) in [6, 6.07) is 10.3. The third kappa shape index (κ3) is 6.57. The number of hydrogen-bond acceptors (Lipinski definition) is 11. The number of methoxy groups -OCH3 is 1. The van der Waals surface area contributed by atoms with E-state index in [1.807, 2.05) is 14.0 Å². The van der Waals surface area contributed by atoms with E-state index in [0.29, 0.717) is 44.1 Å². The minimum Gasteiger partial charge on any atom is -0.495 e. The third-order valence-electron chi connectivity index (χ3n) is 5.59. The van der Waals surface area contributed by atoms with E-state index in [1.54, 1.807) is 56.9 Å². The van der Waals surface area contributed by atoms with Crippen LogP contribution in [0.1, 0.15) is 18.3 Å². The Morgan fingerprint density at radius 1 is 1.15 bits per heavy atom. The van der Waals surface area contributed by atoms with Gasteiger partial charge in [-0.25, -0.2) is 19.3 Å². The quantitative estimate of drug-likeness (QED) is 0.249. The van der Waals surface area contributed by atoms with Gasteiger partial charge in [-0.2, -0.15) is 5.26 Å². The summed E-state index contributed by atoms with van der Waals surface area (Å²) in [7, 11) is 3.39. The molecule has 0 bridgehead atoms. The van der Waals surface area contributed by atoms with Crippen molar-refractivity contribution in [3.05, 3.63) is 66.1 Å². The molecule has 40 heavy (non-hydrogen) atoms. The molecule has 204 valence electrons. The first kappa shape index (κ1) is 28.1. The maximum atomic E-state index is 14.5. The highest BCUT2D eigenvalue weighted by atomic mass is 32.1. The Kier molecular flexibility index (Phi) is 8.98. The summed E-state index contributed by atoms with van der Waals surface area (Å²) in [5.74, 6) is 0.854. The van der Waals surface area contributed by atoms with Gasteiger partial charge in [0.1, 0.15) is 29.3 Å². The summed E-state index contributed by atoms with van der Waals surface area (Å²) < 4.78 is 30.7. The summed E-state index contributed by atoms with van der Waals surface area (Å²) in [5.41, 5.74) is 3.20. The van der Waals surface area contributed by atoms with Gasteiger partial charge < -0.3 is 19.5 Å². The number of carbonyl (C=O) groups excluding carboxylic acids is 1. The summed E-state index contributed by atoms with van der Waals surface area (Å²) in [6.07, 6.45) is 4.59. The van der Waals surface area contributed by atoms with Gasteiger partial charge in [-0.15, -0.1) is 11.3 Å². The Labute approximate surface area is 233 Å². The number of pyridine rings is 1. The zero-order valence-electron chi connectivity index (χ0n) is 22.1. The average Bonchev–Trinajstić information content (AvgIpc) is 3.38. The molecule has 1 unspecified atom stereocenters. The van der Waals surface area contributed by atoms with Crippen LogP contribution >= 0.6 is 11.3 Å². The normalized spacial score (nSPS) is 11.2. The number of rotatable bonds is 8. The van der Waals surface area contributed by atoms with Gasteiger partial charge in [-0.05, 0) is 32.0 Å². The number of nitrogens with zero attached hydrogens (tertiary/aromatic N) is 5. The molecule has 5 aromatic rings. The van der Waals surface area contributed by atoms with Gasteiger partial charge in [0.05, 0.1) is 58.8 Å². The largest absolute Gasteiger partial charge is 0.495 e. The number of aryl methyl sites for hydroxylation is 1. The number of fused-ring (bicyclic) bond motifs is 2. The van der Waals surface area contributed by atoms with Gasteiger partial charge in [0, 0.05) is 30.1 Å². The first-order chi connectivity index (χ1) is 19.3. The number of nitrogens with one attached hydrogen (secondary N) is 1. The molecule has 3 heterocycles. The maximum Gasteiger partial charge on any atom is 0.293 e. The molecule has 0 amide bonds. The van der Waals surface area contributed by atoms with Crippen LogP contribution < -0.4 is 14.8 Å². The zero-order chi connectivity index (χ0) is 28.6. The molecule has 0 aliphatic rings. The molecule has 1 N–H and O–H groups in total. The molecule has 12 heteroatoms. The second kappa shape index (κ2) is 12.8. The highest BCUT2D eigenvalue weighted by Crippen LogP contribution is 2.37. The van der Waals surface area contributed by atoms with Gasteiger partial charge in [0.25, 0.3) is 6.47 Å². The number of benzene rings is 2. The molecule has 2 aromatic carbocycles. The Balaban J connectivity index is 0.000000350. The van der Waals surface area contributed by atoms with E-state index in [1.165, 1.54) is 17.4 Å². The predicted molar refractivity (Wildman–Crippen MR) is 150 cm³/mol. The van der Waals surface area contributed by atoms with E-state index in [0.717, 1.165) is 16.9 Å². The van der Waals surface area contributed by atoms with Gasteiger partial charge in [-0.3, -0.25) is 9.78 Å². The monoisotopic (exact) mass is 560 g/mol. The van der Waals surface area contributed by atoms with Crippen LogP contribution in [0, 0.1) is 24.1 Å². The van der Waals surface area contributed by atoms with Crippen LogP contribution in [0.15, 0.2) is 48.9 Å². The number of thiazole rings is 1. The van der Waals surface area contributed by atoms with Crippen molar-refractivity contribution in [2.75, 3.05) is 26.1 Å². The summed E-state index contributed by atoms with van der Waals surface area (Å²) >= 11 is 1.34. The molecule has 1 atom stereocenters. The number of aromatic nitrogens is 4. The van der Waals surface area contributed by atoms with E-state index < -0.39 is 11.9 Å². The summed E-state index contributed by atoms with van der Waals surface area (Å²) in [6.45, 7) is 3.86. The fourth-order valence-corrected chi connectivity index (χ4v) is 4.64. The topological polar surface area (TPSA) is 132 Å². The fraction of sp³-hybridized carbons (Fsp3) is 0.214. The molecule has 0 saturated heterocycles. The maximum absolute atomic E-state index is 14.5. The van der Waals surface area contributed by atoms with Crippen LogP contribution in [-0.2, 0) is 9.53 Å². The van der Waals surface area contributed by atoms with Crippen molar-refractivity contribution < 1.29 is 23.4 Å². The van der Waals surface area contributed by atoms with Crippen molar-refractivity contribution in [1.82, 2.24) is 19.9 Å². The van der Waals surface area contributed by atoms with Crippen molar-refractivity contribution in [2.45, 2.75) is 20.0 Å². The van der Waals surface area contributed by atoms with Crippen molar-refractivity contribution >= 4 is 44.6 Å². The molecule has 0 radical (unpaired) electrons. The molecule has 0 fully saturated rings. The lowest BCUT2D eigenvalue weighted by Gasteiger charge is -2.13. The number of halogens is 1. The Hall–Kier alpha value is -4.89. The first-order valence-electron chi connectivity index (χ1n) is 12.0. The Bertz CT molecular complexity index is 1690. The second-order valence-electron chi connectivity index (χ2n) is 8.48. The SMILES string of the molecule is CNc1cnc(C)nc1.COc1cnc2c(-c3nc4cc(F)c(OC(C)COC=O)cc4s3)cc(C#N)cc2c1. The predicted octanol–water partition coefficient (Wildman–Crippen LogP) is 5.30. The molecule has 0 saturated carbocycles. The fourth-order valence-electron chi connectivity index (χ4n) is 3.65. The van der Waals surface area contributed by atoms with Crippen LogP contribution in [0.25, 0.3) is 31.7 Å². The Morgan fingerprint density at radius 2 is 1.93 bits per heavy atom. The lowest BCUT2D eigenvalue weighted by atomic mass is 10.1. The van der Waals surface area contributed by atoms with Gasteiger partial charge in [-0.1, -0.05) is 0 Å². The number of ether oxygens (including phenoxy) is 3. The van der Waals surface area contributed by atoms with Crippen molar-refractivity contribution in [1.29, 1.82) is 5.26 Å². The van der Waals surface area contributed by atoms with E-state index >= 15 is 0 Å². The molecule has 10 nitrogen and oxygen atoms in total. The van der Waals surface area contributed by atoms with E-state index in [2.05, 4.69) is 36.1 Å². The zero-order valence-corrected chi connectivity index (χ0v) is 23.0. The van der Waals surface area contributed by atoms with Crippen molar-refractivity contribution in [2.24, 2.45) is 0 Å². The smallest absolute Gasteiger partial charge is 0.293 e. The number of carbonyl (C=O) groups is 1. The van der Waals surface area contributed by atoms with Crippen LogP contribution in [0.3, 0.4) is 0 Å². The van der Waals surface area contributed by atoms with E-state index in [4.69, 9.17) is 9.47 Å². The summed E-state index contributed by atoms with van der Waals surface area (Å²) in [5, 5.41) is 13.7. The van der Waals surface area contributed by atoms with Crippen LogP contribution in [0.5, 0.6) is 11.5 Å². The number of nitriles is 1. The van der Waals surface area contributed by atoms with Gasteiger partial charge in [0.2, 0.25) is 0 Å².